The number of nitrogens with one attached hydrogen (secondary N) is 1. The first-order chi connectivity index (χ1) is 14.1. The second-order valence-electron chi connectivity index (χ2n) is 8.97. The zero-order chi connectivity index (χ0) is 21.9. The van der Waals surface area contributed by atoms with Gasteiger partial charge in [0, 0.05) is 24.4 Å². The molecule has 1 aliphatic rings. The van der Waals surface area contributed by atoms with Gasteiger partial charge < -0.3 is 10.4 Å². The van der Waals surface area contributed by atoms with Crippen molar-refractivity contribution in [1.82, 2.24) is 5.32 Å². The molecule has 2 aromatic carbocycles. The van der Waals surface area contributed by atoms with Crippen LogP contribution in [-0.4, -0.2) is 33.7 Å². The van der Waals surface area contributed by atoms with Gasteiger partial charge in [-0.25, -0.2) is 0 Å². The van der Waals surface area contributed by atoms with Crippen molar-refractivity contribution >= 4 is 17.4 Å². The number of nitrogens with zero attached hydrogens (tertiary/aromatic N) is 1. The van der Waals surface area contributed by atoms with Gasteiger partial charge >= 0.3 is 5.69 Å². The number of aliphatic hydroxyl groups is 1. The quantitative estimate of drug-likeness (QED) is 0.521. The van der Waals surface area contributed by atoms with Gasteiger partial charge in [0.25, 0.3) is 0 Å². The van der Waals surface area contributed by atoms with Gasteiger partial charge in [-0.05, 0) is 46.3 Å². The Morgan fingerprint density at radius 3 is 2.63 bits per heavy atom. The third-order valence-electron chi connectivity index (χ3n) is 5.59. The van der Waals surface area contributed by atoms with Gasteiger partial charge in [0.1, 0.15) is 0 Å². The molecule has 1 saturated heterocycles. The summed E-state index contributed by atoms with van der Waals surface area (Å²) < 4.78 is 13.9. The number of aliphatic hydroxyl groups excluding tert-OH is 1. The van der Waals surface area contributed by atoms with Crippen LogP contribution in [0.5, 0.6) is 0 Å². The number of halogens is 1. The van der Waals surface area contributed by atoms with Crippen molar-refractivity contribution in [3.8, 4) is 0 Å². The number of nitro groups is 1. The van der Waals surface area contributed by atoms with Gasteiger partial charge in [-0.1, -0.05) is 51.1 Å². The highest BCUT2D eigenvalue weighted by atomic mass is 32.2. The molecule has 30 heavy (non-hydrogen) atoms. The van der Waals surface area contributed by atoms with E-state index in [-0.39, 0.29) is 17.4 Å². The lowest BCUT2D eigenvalue weighted by Gasteiger charge is -2.35. The van der Waals surface area contributed by atoms with Crippen LogP contribution in [0.3, 0.4) is 0 Å². The van der Waals surface area contributed by atoms with E-state index >= 15 is 0 Å². The second-order valence-corrected chi connectivity index (χ2v) is 10.0. The molecule has 1 aliphatic heterocycles. The van der Waals surface area contributed by atoms with Crippen LogP contribution >= 0.6 is 11.8 Å². The first-order valence-electron chi connectivity index (χ1n) is 10.2. The van der Waals surface area contributed by atoms with Crippen LogP contribution < -0.4 is 5.32 Å². The molecule has 0 saturated carbocycles. The van der Waals surface area contributed by atoms with Crippen LogP contribution in [0, 0.1) is 21.8 Å². The van der Waals surface area contributed by atoms with Crippen molar-refractivity contribution < 1.29 is 14.4 Å². The average Bonchev–Trinajstić information content (AvgIpc) is 2.68. The van der Waals surface area contributed by atoms with Gasteiger partial charge in [-0.2, -0.15) is 16.2 Å². The highest BCUT2D eigenvalue weighted by molar-refractivity contribution is 7.99. The Balaban J connectivity index is 1.62. The fraction of sp³-hybridized carbons (Fsp3) is 0.478. The first-order valence-corrected chi connectivity index (χ1v) is 11.3. The maximum absolute atomic E-state index is 13.9. The van der Waals surface area contributed by atoms with E-state index in [4.69, 9.17) is 0 Å². The summed E-state index contributed by atoms with van der Waals surface area (Å²) in [6.45, 7) is 7.23. The molecule has 0 spiro atoms. The van der Waals surface area contributed by atoms with Crippen LogP contribution in [0.1, 0.15) is 37.5 Å². The lowest BCUT2D eigenvalue weighted by molar-refractivity contribution is -0.387. The lowest BCUT2D eigenvalue weighted by atomic mass is 9.86. The predicted molar refractivity (Wildman–Crippen MR) is 119 cm³/mol. The molecule has 2 N–H and O–H groups in total. The number of benzene rings is 2. The topological polar surface area (TPSA) is 75.4 Å². The molecule has 162 valence electrons. The maximum Gasteiger partial charge on any atom is 0.304 e. The molecule has 1 unspecified atom stereocenters. The smallest absolute Gasteiger partial charge is 0.304 e. The Bertz CT molecular complexity index is 900. The van der Waals surface area contributed by atoms with E-state index in [0.29, 0.717) is 18.5 Å². The van der Waals surface area contributed by atoms with Crippen LogP contribution in [-0.2, 0) is 18.4 Å². The fourth-order valence-corrected chi connectivity index (χ4v) is 5.08. The summed E-state index contributed by atoms with van der Waals surface area (Å²) in [4.78, 5) is 10.1. The van der Waals surface area contributed by atoms with Crippen molar-refractivity contribution in [3.05, 3.63) is 75.1 Å². The Kier molecular flexibility index (Phi) is 7.16. The highest BCUT2D eigenvalue weighted by Gasteiger charge is 2.32. The minimum atomic E-state index is -0.830. The third-order valence-corrected chi connectivity index (χ3v) is 6.85. The molecule has 0 aliphatic carbocycles. The summed E-state index contributed by atoms with van der Waals surface area (Å²) in [5.74, 6) is 0.717. The van der Waals surface area contributed by atoms with Crippen molar-refractivity contribution in [2.45, 2.75) is 51.3 Å². The van der Waals surface area contributed by atoms with Crippen molar-refractivity contribution in [1.29, 1.82) is 0 Å². The third kappa shape index (κ3) is 5.59. The number of rotatable bonds is 6. The molecule has 3 rings (SSSR count). The normalized spacial score (nSPS) is 22.1. The summed E-state index contributed by atoms with van der Waals surface area (Å²) in [5.41, 5.74) is 2.69. The number of nitro benzene ring substituents is 1. The standard InChI is InChI=1S/C23H29FN2O3S/c1-23(2,3)18-6-4-5-16(10-18)12-25-20-14-30-13-17(22(20)27)9-15-7-8-21(26(28)29)19(24)11-15/h4-8,10-11,17,20,22,25,27H,9,12-14H2,1-3H3/t17-,20+,22?/m1/s1. The van der Waals surface area contributed by atoms with E-state index in [1.807, 2.05) is 0 Å². The molecule has 0 amide bonds. The molecule has 3 atom stereocenters. The molecule has 5 nitrogen and oxygen atoms in total. The minimum absolute atomic E-state index is 0.0389. The van der Waals surface area contributed by atoms with Crippen molar-refractivity contribution in [2.75, 3.05) is 11.5 Å². The molecular formula is C23H29FN2O3S. The molecule has 1 fully saturated rings. The summed E-state index contributed by atoms with van der Waals surface area (Å²) in [6, 6.07) is 12.4. The summed E-state index contributed by atoms with van der Waals surface area (Å²) >= 11 is 1.76. The molecule has 0 radical (unpaired) electrons. The van der Waals surface area contributed by atoms with Crippen LogP contribution in [0.15, 0.2) is 42.5 Å². The Hall–Kier alpha value is -1.96. The van der Waals surface area contributed by atoms with E-state index < -0.39 is 22.5 Å². The number of hydrogen-bond donors (Lipinski definition) is 2. The van der Waals surface area contributed by atoms with Gasteiger partial charge in [0.15, 0.2) is 0 Å². The molecular weight excluding hydrogens is 403 g/mol. The fourth-order valence-electron chi connectivity index (χ4n) is 3.76. The van der Waals surface area contributed by atoms with E-state index in [0.717, 1.165) is 11.5 Å². The first kappa shape index (κ1) is 22.7. The minimum Gasteiger partial charge on any atom is -0.391 e. The number of hydrogen-bond acceptors (Lipinski definition) is 5. The van der Waals surface area contributed by atoms with Crippen molar-refractivity contribution in [2.24, 2.45) is 5.92 Å². The average molecular weight is 433 g/mol. The van der Waals surface area contributed by atoms with E-state index in [9.17, 15) is 19.6 Å². The summed E-state index contributed by atoms with van der Waals surface area (Å²) in [6.07, 6.45) is -0.0730. The zero-order valence-corrected chi connectivity index (χ0v) is 18.4. The van der Waals surface area contributed by atoms with Gasteiger partial charge in [0.05, 0.1) is 11.0 Å². The SMILES string of the molecule is CC(C)(C)c1cccc(CN[C@H]2CSC[C@@H](Cc3ccc([N+](=O)[O-])c(F)c3)C2O)c1. The van der Waals surface area contributed by atoms with Crippen molar-refractivity contribution in [3.63, 3.8) is 0 Å². The van der Waals surface area contributed by atoms with Gasteiger partial charge in [0.2, 0.25) is 5.82 Å². The van der Waals surface area contributed by atoms with Gasteiger partial charge in [-0.15, -0.1) is 0 Å². The van der Waals surface area contributed by atoms with Crippen LogP contribution in [0.4, 0.5) is 10.1 Å². The maximum atomic E-state index is 13.9. The van der Waals surface area contributed by atoms with E-state index in [1.165, 1.54) is 23.3 Å². The zero-order valence-electron chi connectivity index (χ0n) is 17.6. The molecule has 0 bridgehead atoms. The molecule has 2 aromatic rings. The van der Waals surface area contributed by atoms with Crippen LogP contribution in [0.2, 0.25) is 0 Å². The predicted octanol–water partition coefficient (Wildman–Crippen LogP) is 4.46. The largest absolute Gasteiger partial charge is 0.391 e. The second kappa shape index (κ2) is 9.45. The molecule has 7 heteroatoms. The highest BCUT2D eigenvalue weighted by Crippen LogP contribution is 2.29. The Morgan fingerprint density at radius 2 is 1.97 bits per heavy atom. The molecule has 1 heterocycles. The van der Waals surface area contributed by atoms with E-state index in [2.05, 4.69) is 50.4 Å². The number of thioether (sulfide) groups is 1. The summed E-state index contributed by atoms with van der Waals surface area (Å²) in [7, 11) is 0. The van der Waals surface area contributed by atoms with E-state index in [1.54, 1.807) is 17.8 Å². The van der Waals surface area contributed by atoms with Gasteiger partial charge in [-0.3, -0.25) is 10.1 Å². The lowest BCUT2D eigenvalue weighted by Crippen LogP contribution is -2.49. The Labute approximate surface area is 181 Å². The molecule has 0 aromatic heterocycles. The van der Waals surface area contributed by atoms with Crippen LogP contribution in [0.25, 0.3) is 0 Å². The Morgan fingerprint density at radius 1 is 1.20 bits per heavy atom. The monoisotopic (exact) mass is 432 g/mol. The summed E-state index contributed by atoms with van der Waals surface area (Å²) in [5, 5.41) is 25.2.